The van der Waals surface area contributed by atoms with Gasteiger partial charge in [-0.2, -0.15) is 0 Å². The van der Waals surface area contributed by atoms with Crippen LogP contribution in [0.5, 0.6) is 0 Å². The lowest BCUT2D eigenvalue weighted by molar-refractivity contribution is 0.479. The zero-order chi connectivity index (χ0) is 13.5. The van der Waals surface area contributed by atoms with E-state index in [0.717, 1.165) is 31.0 Å². The predicted molar refractivity (Wildman–Crippen MR) is 74.6 cm³/mol. The first kappa shape index (κ1) is 11.8. The highest BCUT2D eigenvalue weighted by molar-refractivity contribution is 5.40. The lowest BCUT2D eigenvalue weighted by atomic mass is 10.2. The zero-order valence-electron chi connectivity index (χ0n) is 11.6. The van der Waals surface area contributed by atoms with E-state index in [9.17, 15) is 0 Å². The normalized spacial score (nSPS) is 22.4. The van der Waals surface area contributed by atoms with Crippen LogP contribution in [0.1, 0.15) is 42.6 Å². The molecule has 0 spiro atoms. The van der Waals surface area contributed by atoms with Crippen LogP contribution in [0.2, 0.25) is 0 Å². The molecule has 6 nitrogen and oxygen atoms in total. The maximum absolute atomic E-state index is 4.36. The number of nitrogens with zero attached hydrogens (tertiary/aromatic N) is 6. The van der Waals surface area contributed by atoms with Gasteiger partial charge in [-0.3, -0.25) is 0 Å². The Morgan fingerprint density at radius 3 is 2.90 bits per heavy atom. The quantitative estimate of drug-likeness (QED) is 0.849. The minimum atomic E-state index is 0.408. The van der Waals surface area contributed by atoms with E-state index in [-0.39, 0.29) is 0 Å². The van der Waals surface area contributed by atoms with E-state index in [1.807, 2.05) is 17.7 Å². The number of hydrogen-bond donors (Lipinski definition) is 0. The summed E-state index contributed by atoms with van der Waals surface area (Å²) in [5, 5.41) is 8.62. The minimum Gasteiger partial charge on any atom is -0.354 e. The molecule has 1 aliphatic heterocycles. The summed E-state index contributed by atoms with van der Waals surface area (Å²) in [6.45, 7) is 3.96. The lowest BCUT2D eigenvalue weighted by Gasteiger charge is -2.17. The second-order valence-corrected chi connectivity index (χ2v) is 5.80. The topological polar surface area (TPSA) is 59.7 Å². The van der Waals surface area contributed by atoms with E-state index >= 15 is 0 Å². The maximum Gasteiger partial charge on any atom is 0.132 e. The number of hydrogen-bond acceptors (Lipinski definition) is 5. The molecule has 0 radical (unpaired) electrons. The molecule has 2 aromatic heterocycles. The molecule has 20 heavy (non-hydrogen) atoms. The molecule has 2 aromatic rings. The van der Waals surface area contributed by atoms with Crippen LogP contribution in [0.4, 0.5) is 5.82 Å². The van der Waals surface area contributed by atoms with Crippen LogP contribution in [0, 0.1) is 6.92 Å². The van der Waals surface area contributed by atoms with Gasteiger partial charge in [-0.05, 0) is 26.2 Å². The predicted octanol–water partition coefficient (Wildman–Crippen LogP) is 1.71. The molecule has 6 heteroatoms. The molecule has 3 heterocycles. The summed E-state index contributed by atoms with van der Waals surface area (Å²) in [7, 11) is 0. The SMILES string of the molecule is Cc1cc(N2CCC(n3cc(C4CC4)nn3)C2)ncn1. The Bertz CT molecular complexity index is 618. The van der Waals surface area contributed by atoms with Crippen molar-refractivity contribution in [3.8, 4) is 0 Å². The van der Waals surface area contributed by atoms with E-state index in [4.69, 9.17) is 0 Å². The van der Waals surface area contributed by atoms with E-state index in [1.54, 1.807) is 6.33 Å². The third kappa shape index (κ3) is 2.15. The van der Waals surface area contributed by atoms with Gasteiger partial charge in [0.15, 0.2) is 0 Å². The summed E-state index contributed by atoms with van der Waals surface area (Å²) < 4.78 is 2.04. The van der Waals surface area contributed by atoms with Crippen molar-refractivity contribution in [2.24, 2.45) is 0 Å². The smallest absolute Gasteiger partial charge is 0.132 e. The molecule has 0 N–H and O–H groups in total. The van der Waals surface area contributed by atoms with E-state index in [2.05, 4.69) is 31.4 Å². The van der Waals surface area contributed by atoms with Gasteiger partial charge in [0.1, 0.15) is 12.1 Å². The largest absolute Gasteiger partial charge is 0.354 e. The molecule has 2 aliphatic rings. The van der Waals surface area contributed by atoms with E-state index in [0.29, 0.717) is 12.0 Å². The van der Waals surface area contributed by atoms with Gasteiger partial charge in [0, 0.05) is 37.0 Å². The van der Waals surface area contributed by atoms with Crippen LogP contribution in [0.3, 0.4) is 0 Å². The van der Waals surface area contributed by atoms with Crippen molar-refractivity contribution in [3.05, 3.63) is 30.0 Å². The average Bonchev–Trinajstić information content (AvgIpc) is 3.01. The third-order valence-electron chi connectivity index (χ3n) is 4.17. The number of anilines is 1. The summed E-state index contributed by atoms with van der Waals surface area (Å²) >= 11 is 0. The van der Waals surface area contributed by atoms with Crippen LogP contribution in [0.15, 0.2) is 18.6 Å². The molecule has 1 saturated heterocycles. The van der Waals surface area contributed by atoms with Crippen LogP contribution in [0.25, 0.3) is 0 Å². The highest BCUT2D eigenvalue weighted by atomic mass is 15.4. The molecule has 1 aliphatic carbocycles. The van der Waals surface area contributed by atoms with Gasteiger partial charge in [-0.25, -0.2) is 14.6 Å². The van der Waals surface area contributed by atoms with Crippen molar-refractivity contribution in [2.45, 2.75) is 38.1 Å². The Balaban J connectivity index is 1.49. The molecule has 104 valence electrons. The van der Waals surface area contributed by atoms with Crippen molar-refractivity contribution in [1.82, 2.24) is 25.0 Å². The third-order valence-corrected chi connectivity index (χ3v) is 4.17. The first-order valence-corrected chi connectivity index (χ1v) is 7.25. The Morgan fingerprint density at radius 1 is 1.20 bits per heavy atom. The van der Waals surface area contributed by atoms with Gasteiger partial charge in [0.25, 0.3) is 0 Å². The molecule has 1 saturated carbocycles. The summed E-state index contributed by atoms with van der Waals surface area (Å²) in [5.74, 6) is 1.69. The van der Waals surface area contributed by atoms with Crippen LogP contribution < -0.4 is 4.90 Å². The number of aromatic nitrogens is 5. The molecule has 0 amide bonds. The molecular formula is C14H18N6. The first-order chi connectivity index (χ1) is 9.79. The highest BCUT2D eigenvalue weighted by Crippen LogP contribution is 2.39. The molecular weight excluding hydrogens is 252 g/mol. The van der Waals surface area contributed by atoms with Crippen LogP contribution in [-0.2, 0) is 0 Å². The molecule has 1 atom stereocenters. The van der Waals surface area contributed by atoms with Crippen LogP contribution >= 0.6 is 0 Å². The summed E-state index contributed by atoms with van der Waals surface area (Å²) in [4.78, 5) is 10.8. The Kier molecular flexibility index (Phi) is 2.68. The molecule has 4 rings (SSSR count). The zero-order valence-corrected chi connectivity index (χ0v) is 11.6. The fraction of sp³-hybridized carbons (Fsp3) is 0.571. The van der Waals surface area contributed by atoms with Gasteiger partial charge in [-0.1, -0.05) is 5.21 Å². The summed E-state index contributed by atoms with van der Waals surface area (Å²) in [6, 6.07) is 2.45. The fourth-order valence-corrected chi connectivity index (χ4v) is 2.81. The van der Waals surface area contributed by atoms with Crippen molar-refractivity contribution in [2.75, 3.05) is 18.0 Å². The molecule has 2 fully saturated rings. The minimum absolute atomic E-state index is 0.408. The summed E-state index contributed by atoms with van der Waals surface area (Å²) in [6.07, 6.45) is 7.41. The van der Waals surface area contributed by atoms with Crippen LogP contribution in [-0.4, -0.2) is 38.1 Å². The summed E-state index contributed by atoms with van der Waals surface area (Å²) in [5.41, 5.74) is 2.18. The molecule has 1 unspecified atom stereocenters. The van der Waals surface area contributed by atoms with Gasteiger partial charge in [0.2, 0.25) is 0 Å². The highest BCUT2D eigenvalue weighted by Gasteiger charge is 2.30. The first-order valence-electron chi connectivity index (χ1n) is 7.25. The second-order valence-electron chi connectivity index (χ2n) is 5.80. The van der Waals surface area contributed by atoms with Gasteiger partial charge < -0.3 is 4.90 Å². The number of aryl methyl sites for hydroxylation is 1. The van der Waals surface area contributed by atoms with E-state index in [1.165, 1.54) is 18.5 Å². The maximum atomic E-state index is 4.36. The van der Waals surface area contributed by atoms with Crippen molar-refractivity contribution < 1.29 is 0 Å². The number of rotatable bonds is 3. The van der Waals surface area contributed by atoms with Gasteiger partial charge in [0.05, 0.1) is 11.7 Å². The average molecular weight is 270 g/mol. The lowest BCUT2D eigenvalue weighted by Crippen LogP contribution is -2.22. The van der Waals surface area contributed by atoms with E-state index < -0.39 is 0 Å². The van der Waals surface area contributed by atoms with Gasteiger partial charge in [-0.15, -0.1) is 5.10 Å². The Morgan fingerprint density at radius 2 is 2.10 bits per heavy atom. The Labute approximate surface area is 117 Å². The molecule has 0 bridgehead atoms. The molecule has 0 aromatic carbocycles. The fourth-order valence-electron chi connectivity index (χ4n) is 2.81. The second kappa shape index (κ2) is 4.54. The Hall–Kier alpha value is -1.98. The van der Waals surface area contributed by atoms with Gasteiger partial charge >= 0.3 is 0 Å². The van der Waals surface area contributed by atoms with Crippen molar-refractivity contribution >= 4 is 5.82 Å². The van der Waals surface area contributed by atoms with Crippen molar-refractivity contribution in [3.63, 3.8) is 0 Å². The van der Waals surface area contributed by atoms with Crippen molar-refractivity contribution in [1.29, 1.82) is 0 Å². The standard InChI is InChI=1S/C14H18N6/c1-10-6-14(16-9-15-10)19-5-4-12(7-19)20-8-13(17-18-20)11-2-3-11/h6,8-9,11-12H,2-5,7H2,1H3. The monoisotopic (exact) mass is 270 g/mol.